The molecule has 0 radical (unpaired) electrons. The van der Waals surface area contributed by atoms with E-state index in [4.69, 9.17) is 19.3 Å². The van der Waals surface area contributed by atoms with Crippen LogP contribution in [0.15, 0.2) is 60.7 Å². The second kappa shape index (κ2) is 20.7. The molecule has 2 aromatic rings. The van der Waals surface area contributed by atoms with Crippen molar-refractivity contribution in [3.8, 4) is 0 Å². The summed E-state index contributed by atoms with van der Waals surface area (Å²) < 4.78 is 15.5. The van der Waals surface area contributed by atoms with E-state index in [0.717, 1.165) is 24.0 Å². The van der Waals surface area contributed by atoms with Gasteiger partial charge in [0.05, 0.1) is 19.4 Å². The Bertz CT molecular complexity index is 1060. The molecule has 0 aromatic heterocycles. The van der Waals surface area contributed by atoms with Crippen LogP contribution in [-0.4, -0.2) is 70.8 Å². The SMILES string of the molecule is CCC(C)N(CCC(=O)O)C(=O)OCc1ccccc1.CCOC(=O)CCN(C(=O)OCc1ccccc1)C(C)CC. The Labute approximate surface area is 249 Å². The molecule has 0 heterocycles. The number of nitrogens with zero attached hydrogens (tertiary/aromatic N) is 2. The van der Waals surface area contributed by atoms with Crippen molar-refractivity contribution in [2.45, 2.75) is 85.6 Å². The molecule has 0 bridgehead atoms. The second-order valence-electron chi connectivity index (χ2n) is 9.68. The van der Waals surface area contributed by atoms with Gasteiger partial charge in [0.15, 0.2) is 0 Å². The number of amides is 2. The average Bonchev–Trinajstić information content (AvgIpc) is 3.00. The molecule has 0 aliphatic rings. The van der Waals surface area contributed by atoms with E-state index in [-0.39, 0.29) is 50.7 Å². The quantitative estimate of drug-likeness (QED) is 0.191. The van der Waals surface area contributed by atoms with Crippen LogP contribution in [0.2, 0.25) is 0 Å². The number of aliphatic carboxylic acids is 1. The van der Waals surface area contributed by atoms with Crippen molar-refractivity contribution < 1.29 is 38.5 Å². The molecule has 0 spiro atoms. The topological polar surface area (TPSA) is 123 Å². The highest BCUT2D eigenvalue weighted by Gasteiger charge is 2.22. The molecular formula is C32H46N2O8. The summed E-state index contributed by atoms with van der Waals surface area (Å²) in [5.74, 6) is -1.22. The normalized spacial score (nSPS) is 11.6. The first-order valence-electron chi connectivity index (χ1n) is 14.4. The average molecular weight is 587 g/mol. The Balaban J connectivity index is 0.000000422. The number of benzene rings is 2. The predicted octanol–water partition coefficient (Wildman–Crippen LogP) is 6.28. The van der Waals surface area contributed by atoms with Crippen LogP contribution in [0.3, 0.4) is 0 Å². The zero-order chi connectivity index (χ0) is 31.3. The van der Waals surface area contributed by atoms with Crippen LogP contribution in [0, 0.1) is 0 Å². The number of hydrogen-bond acceptors (Lipinski definition) is 7. The van der Waals surface area contributed by atoms with E-state index in [1.54, 1.807) is 11.8 Å². The maximum atomic E-state index is 12.2. The Morgan fingerprint density at radius 3 is 1.43 bits per heavy atom. The lowest BCUT2D eigenvalue weighted by Gasteiger charge is -2.27. The highest BCUT2D eigenvalue weighted by Crippen LogP contribution is 2.11. The van der Waals surface area contributed by atoms with Crippen LogP contribution in [0.25, 0.3) is 0 Å². The third-order valence-electron chi connectivity index (χ3n) is 6.55. The van der Waals surface area contributed by atoms with Crippen molar-refractivity contribution in [3.63, 3.8) is 0 Å². The molecule has 0 fully saturated rings. The molecule has 2 rings (SSSR count). The Morgan fingerprint density at radius 1 is 0.667 bits per heavy atom. The first-order valence-corrected chi connectivity index (χ1v) is 14.4. The molecule has 0 saturated heterocycles. The maximum absolute atomic E-state index is 12.2. The third-order valence-corrected chi connectivity index (χ3v) is 6.55. The molecule has 2 aromatic carbocycles. The number of carboxylic acid groups (broad SMARTS) is 1. The van der Waals surface area contributed by atoms with Crippen LogP contribution < -0.4 is 0 Å². The van der Waals surface area contributed by atoms with Crippen LogP contribution in [-0.2, 0) is 37.0 Å². The van der Waals surface area contributed by atoms with Crippen LogP contribution in [0.4, 0.5) is 9.59 Å². The minimum Gasteiger partial charge on any atom is -0.481 e. The Morgan fingerprint density at radius 2 is 1.07 bits per heavy atom. The number of carboxylic acids is 1. The summed E-state index contributed by atoms with van der Waals surface area (Å²) in [5.41, 5.74) is 1.84. The van der Waals surface area contributed by atoms with Crippen molar-refractivity contribution in [1.29, 1.82) is 0 Å². The van der Waals surface area contributed by atoms with Gasteiger partial charge in [-0.05, 0) is 44.7 Å². The highest BCUT2D eigenvalue weighted by molar-refractivity contribution is 5.72. The lowest BCUT2D eigenvalue weighted by Crippen LogP contribution is -2.40. The third kappa shape index (κ3) is 14.5. The highest BCUT2D eigenvalue weighted by atomic mass is 16.6. The predicted molar refractivity (Wildman–Crippen MR) is 160 cm³/mol. The number of esters is 1. The number of rotatable bonds is 15. The Hall–Kier alpha value is -4.08. The van der Waals surface area contributed by atoms with Crippen molar-refractivity contribution >= 4 is 24.1 Å². The van der Waals surface area contributed by atoms with Crippen LogP contribution in [0.5, 0.6) is 0 Å². The van der Waals surface area contributed by atoms with E-state index in [1.807, 2.05) is 88.4 Å². The second-order valence-corrected chi connectivity index (χ2v) is 9.68. The molecule has 0 saturated carbocycles. The van der Waals surface area contributed by atoms with Crippen molar-refractivity contribution in [2.24, 2.45) is 0 Å². The molecule has 2 amide bonds. The fourth-order valence-electron chi connectivity index (χ4n) is 3.69. The summed E-state index contributed by atoms with van der Waals surface area (Å²) in [6.07, 6.45) is 0.777. The summed E-state index contributed by atoms with van der Waals surface area (Å²) >= 11 is 0. The van der Waals surface area contributed by atoms with E-state index < -0.39 is 18.2 Å². The molecular weight excluding hydrogens is 540 g/mol. The van der Waals surface area contributed by atoms with Gasteiger partial charge in [-0.15, -0.1) is 0 Å². The first kappa shape index (κ1) is 35.9. The van der Waals surface area contributed by atoms with Gasteiger partial charge < -0.3 is 29.1 Å². The lowest BCUT2D eigenvalue weighted by atomic mass is 10.2. The van der Waals surface area contributed by atoms with Crippen molar-refractivity contribution in [1.82, 2.24) is 9.80 Å². The van der Waals surface area contributed by atoms with Crippen molar-refractivity contribution in [3.05, 3.63) is 71.8 Å². The van der Waals surface area contributed by atoms with E-state index in [2.05, 4.69) is 0 Å². The monoisotopic (exact) mass is 586 g/mol. The molecule has 42 heavy (non-hydrogen) atoms. The van der Waals surface area contributed by atoms with Gasteiger partial charge in [-0.2, -0.15) is 0 Å². The number of carbonyl (C=O) groups excluding carboxylic acids is 3. The van der Waals surface area contributed by atoms with Gasteiger partial charge in [0, 0.05) is 25.2 Å². The molecule has 10 nitrogen and oxygen atoms in total. The largest absolute Gasteiger partial charge is 0.481 e. The Kier molecular flexibility index (Phi) is 17.8. The lowest BCUT2D eigenvalue weighted by molar-refractivity contribution is -0.143. The molecule has 2 atom stereocenters. The fourth-order valence-corrected chi connectivity index (χ4v) is 3.69. The standard InChI is InChI=1S/C17H25NO4.C15H21NO4/c1-4-14(3)18(12-11-16(19)21-5-2)17(20)22-13-15-9-7-6-8-10-15;1-3-12(2)16(10-9-14(17)18)15(19)20-11-13-7-5-4-6-8-13/h6-10,14H,4-5,11-13H2,1-3H3;4-8,12H,3,9-11H2,1-2H3,(H,17,18). The zero-order valence-corrected chi connectivity index (χ0v) is 25.5. The zero-order valence-electron chi connectivity index (χ0n) is 25.5. The van der Waals surface area contributed by atoms with E-state index >= 15 is 0 Å². The molecule has 2 unspecified atom stereocenters. The molecule has 0 aliphatic carbocycles. The van der Waals surface area contributed by atoms with Crippen LogP contribution in [0.1, 0.15) is 71.4 Å². The van der Waals surface area contributed by atoms with Gasteiger partial charge in [0.1, 0.15) is 13.2 Å². The van der Waals surface area contributed by atoms with Gasteiger partial charge in [-0.1, -0.05) is 74.5 Å². The van der Waals surface area contributed by atoms with Gasteiger partial charge in [0.25, 0.3) is 0 Å². The van der Waals surface area contributed by atoms with Gasteiger partial charge in [-0.3, -0.25) is 9.59 Å². The minimum atomic E-state index is -0.922. The summed E-state index contributed by atoms with van der Waals surface area (Å²) in [6, 6.07) is 18.9. The molecule has 232 valence electrons. The van der Waals surface area contributed by atoms with E-state index in [0.29, 0.717) is 13.2 Å². The minimum absolute atomic E-state index is 0.0118. The number of hydrogen-bond donors (Lipinski definition) is 1. The number of carbonyl (C=O) groups is 4. The summed E-state index contributed by atoms with van der Waals surface area (Å²) in [7, 11) is 0. The summed E-state index contributed by atoms with van der Waals surface area (Å²) in [6.45, 7) is 10.8. The van der Waals surface area contributed by atoms with Crippen molar-refractivity contribution in [2.75, 3.05) is 19.7 Å². The molecule has 0 aliphatic heterocycles. The summed E-state index contributed by atoms with van der Waals surface area (Å²) in [5, 5.41) is 8.73. The maximum Gasteiger partial charge on any atom is 0.410 e. The molecule has 10 heteroatoms. The van der Waals surface area contributed by atoms with Crippen LogP contribution >= 0.6 is 0 Å². The fraction of sp³-hybridized carbons (Fsp3) is 0.500. The molecule has 1 N–H and O–H groups in total. The number of ether oxygens (including phenoxy) is 3. The van der Waals surface area contributed by atoms with E-state index in [1.165, 1.54) is 4.90 Å². The van der Waals surface area contributed by atoms with Gasteiger partial charge >= 0.3 is 24.1 Å². The van der Waals surface area contributed by atoms with E-state index in [9.17, 15) is 19.2 Å². The van der Waals surface area contributed by atoms with Gasteiger partial charge in [-0.25, -0.2) is 9.59 Å². The summed E-state index contributed by atoms with van der Waals surface area (Å²) in [4.78, 5) is 49.4. The first-order chi connectivity index (χ1) is 20.1. The smallest absolute Gasteiger partial charge is 0.410 e. The van der Waals surface area contributed by atoms with Gasteiger partial charge in [0.2, 0.25) is 0 Å².